The number of rotatable bonds is 8. The molecule has 4 aromatic rings. The summed E-state index contributed by atoms with van der Waals surface area (Å²) in [6, 6.07) is 7.71. The van der Waals surface area contributed by atoms with Gasteiger partial charge >= 0.3 is 0 Å². The van der Waals surface area contributed by atoms with Crippen molar-refractivity contribution in [1.82, 2.24) is 24.1 Å². The van der Waals surface area contributed by atoms with Crippen molar-refractivity contribution in [3.8, 4) is 28.7 Å². The summed E-state index contributed by atoms with van der Waals surface area (Å²) in [5, 5.41) is 14.0. The number of nitrogens with zero attached hydrogens (tertiary/aromatic N) is 7. The van der Waals surface area contributed by atoms with Gasteiger partial charge in [-0.25, -0.2) is 13.4 Å². The molecule has 12 nitrogen and oxygen atoms in total. The van der Waals surface area contributed by atoms with E-state index in [1.54, 1.807) is 43.5 Å². The second-order valence-electron chi connectivity index (χ2n) is 7.20. The Morgan fingerprint density at radius 2 is 2.11 bits per heavy atom. The normalized spacial score (nSPS) is 12.0. The Balaban J connectivity index is 1.73. The summed E-state index contributed by atoms with van der Waals surface area (Å²) in [6.45, 7) is 0. The minimum absolute atomic E-state index is 0.0111. The molecule has 0 atom stereocenters. The van der Waals surface area contributed by atoms with Gasteiger partial charge in [-0.05, 0) is 24.3 Å². The molecule has 3 heterocycles. The second-order valence-corrected chi connectivity index (χ2v) is 9.66. The predicted octanol–water partition coefficient (Wildman–Crippen LogP) is 2.80. The Labute approximate surface area is 210 Å². The van der Waals surface area contributed by atoms with Gasteiger partial charge in [0.2, 0.25) is 5.13 Å². The molecule has 0 fully saturated rings. The van der Waals surface area contributed by atoms with Crippen molar-refractivity contribution in [1.29, 1.82) is 5.26 Å². The van der Waals surface area contributed by atoms with Gasteiger partial charge in [0.25, 0.3) is 10.0 Å². The Hall–Kier alpha value is -4.61. The fraction of sp³-hybridized carbons (Fsp3) is 0.0909. The van der Waals surface area contributed by atoms with E-state index in [4.69, 9.17) is 10.5 Å². The third-order valence-corrected chi connectivity index (χ3v) is 6.86. The number of anilines is 1. The number of pyridine rings is 1. The van der Waals surface area contributed by atoms with Crippen LogP contribution >= 0.6 is 11.5 Å². The molecule has 0 aliphatic heterocycles. The van der Waals surface area contributed by atoms with E-state index in [0.29, 0.717) is 22.6 Å². The van der Waals surface area contributed by atoms with E-state index < -0.39 is 10.0 Å². The highest BCUT2D eigenvalue weighted by Crippen LogP contribution is 2.36. The minimum atomic E-state index is -3.98. The van der Waals surface area contributed by atoms with E-state index in [2.05, 4.69) is 29.2 Å². The van der Waals surface area contributed by atoms with Crippen molar-refractivity contribution < 1.29 is 13.2 Å². The Morgan fingerprint density at radius 3 is 2.75 bits per heavy atom. The zero-order valence-corrected chi connectivity index (χ0v) is 20.7. The highest BCUT2D eigenvalue weighted by molar-refractivity contribution is 7.93. The van der Waals surface area contributed by atoms with E-state index in [-0.39, 0.29) is 21.3 Å². The molecule has 3 N–H and O–H groups in total. The standard InChI is InChI=1S/C22H19N9O3S2/c1-25-9-15(8-24)19-6-18(16-10-28-31(2)12-16)21(11-26-19)34-20-4-3-17(5-14(20)7-23)36(32,33)30-22-27-13-29-35-22/h3-6,8-13H,24H2,1-2H3,(H,27,29,30). The van der Waals surface area contributed by atoms with Crippen LogP contribution in [-0.2, 0) is 17.1 Å². The van der Waals surface area contributed by atoms with E-state index >= 15 is 0 Å². The maximum absolute atomic E-state index is 12.7. The van der Waals surface area contributed by atoms with Crippen LogP contribution in [0.1, 0.15) is 11.3 Å². The zero-order chi connectivity index (χ0) is 25.7. The molecular formula is C22H19N9O3S2. The molecule has 182 valence electrons. The van der Waals surface area contributed by atoms with Gasteiger partial charge in [0, 0.05) is 60.9 Å². The molecule has 0 aliphatic rings. The van der Waals surface area contributed by atoms with Crippen molar-refractivity contribution in [2.24, 2.45) is 17.8 Å². The maximum atomic E-state index is 12.7. The number of aryl methyl sites for hydroxylation is 1. The molecule has 0 amide bonds. The number of aromatic nitrogens is 5. The molecular weight excluding hydrogens is 502 g/mol. The van der Waals surface area contributed by atoms with Gasteiger partial charge in [-0.2, -0.15) is 14.7 Å². The van der Waals surface area contributed by atoms with Crippen LogP contribution in [0.4, 0.5) is 5.13 Å². The van der Waals surface area contributed by atoms with Crippen molar-refractivity contribution in [3.05, 3.63) is 66.6 Å². The first-order chi connectivity index (χ1) is 17.3. The van der Waals surface area contributed by atoms with Crippen LogP contribution in [0.25, 0.3) is 16.7 Å². The van der Waals surface area contributed by atoms with E-state index in [1.165, 1.54) is 36.9 Å². The summed E-state index contributed by atoms with van der Waals surface area (Å²) in [4.78, 5) is 12.1. The number of allylic oxidation sites excluding steroid dienone is 1. The predicted molar refractivity (Wildman–Crippen MR) is 135 cm³/mol. The lowest BCUT2D eigenvalue weighted by atomic mass is 10.1. The summed E-state index contributed by atoms with van der Waals surface area (Å²) in [6.07, 6.45) is 9.16. The summed E-state index contributed by atoms with van der Waals surface area (Å²) in [7, 11) is -0.574. The Kier molecular flexibility index (Phi) is 7.04. The summed E-state index contributed by atoms with van der Waals surface area (Å²) in [5.74, 6) is 0.479. The molecule has 14 heteroatoms. The van der Waals surface area contributed by atoms with E-state index in [0.717, 1.165) is 17.1 Å². The van der Waals surface area contributed by atoms with Crippen LogP contribution in [0.3, 0.4) is 0 Å². The number of hydrogen-bond acceptors (Lipinski definition) is 11. The summed E-state index contributed by atoms with van der Waals surface area (Å²) in [5.41, 5.74) is 8.27. The van der Waals surface area contributed by atoms with Crippen LogP contribution in [0, 0.1) is 11.3 Å². The highest BCUT2D eigenvalue weighted by atomic mass is 32.2. The van der Waals surface area contributed by atoms with Crippen LogP contribution in [0.2, 0.25) is 0 Å². The third kappa shape index (κ3) is 5.22. The number of hydrogen-bond donors (Lipinski definition) is 2. The molecule has 0 unspecified atom stereocenters. The number of aliphatic imine (C=N–C) groups is 1. The number of nitriles is 1. The van der Waals surface area contributed by atoms with Crippen molar-refractivity contribution in [2.45, 2.75) is 4.90 Å². The first-order valence-electron chi connectivity index (χ1n) is 10.2. The molecule has 0 radical (unpaired) electrons. The van der Waals surface area contributed by atoms with Crippen LogP contribution in [-0.4, -0.2) is 45.8 Å². The third-order valence-electron chi connectivity index (χ3n) is 4.81. The first-order valence-corrected chi connectivity index (χ1v) is 12.4. The number of nitrogens with one attached hydrogen (secondary N) is 1. The SMILES string of the molecule is CN=CC(=CN)c1cc(-c2cnn(C)c2)c(Oc2ccc(S(=O)(=O)Nc3ncns3)cc2C#N)cn1. The van der Waals surface area contributed by atoms with Crippen molar-refractivity contribution in [3.63, 3.8) is 0 Å². The monoisotopic (exact) mass is 521 g/mol. The number of sulfonamides is 1. The van der Waals surface area contributed by atoms with Crippen LogP contribution in [0.5, 0.6) is 11.5 Å². The average molecular weight is 522 g/mol. The Bertz CT molecular complexity index is 1600. The number of ether oxygens (including phenoxy) is 1. The van der Waals surface area contributed by atoms with E-state index in [9.17, 15) is 13.7 Å². The molecule has 1 aromatic carbocycles. The van der Waals surface area contributed by atoms with Gasteiger partial charge in [-0.1, -0.05) is 0 Å². The fourth-order valence-electron chi connectivity index (χ4n) is 3.16. The van der Waals surface area contributed by atoms with Gasteiger partial charge in [0.1, 0.15) is 18.1 Å². The van der Waals surface area contributed by atoms with Gasteiger partial charge in [0.15, 0.2) is 5.75 Å². The zero-order valence-electron chi connectivity index (χ0n) is 19.0. The van der Waals surface area contributed by atoms with Crippen LogP contribution in [0.15, 0.2) is 65.3 Å². The first kappa shape index (κ1) is 24.5. The molecule has 0 spiro atoms. The number of nitrogens with two attached hydrogens (primary N) is 1. The topological polar surface area (TPSA) is 174 Å². The summed E-state index contributed by atoms with van der Waals surface area (Å²) < 4.78 is 39.2. The molecule has 36 heavy (non-hydrogen) atoms. The van der Waals surface area contributed by atoms with E-state index in [1.807, 2.05) is 6.07 Å². The molecule has 0 aliphatic carbocycles. The molecule has 3 aromatic heterocycles. The fourth-order valence-corrected chi connectivity index (χ4v) is 4.85. The maximum Gasteiger partial charge on any atom is 0.263 e. The van der Waals surface area contributed by atoms with Gasteiger partial charge in [-0.15, -0.1) is 0 Å². The smallest absolute Gasteiger partial charge is 0.263 e. The molecule has 0 saturated carbocycles. The minimum Gasteiger partial charge on any atom is -0.454 e. The molecule has 0 saturated heterocycles. The average Bonchev–Trinajstić information content (AvgIpc) is 3.54. The van der Waals surface area contributed by atoms with Crippen LogP contribution < -0.4 is 15.2 Å². The van der Waals surface area contributed by atoms with Gasteiger partial charge in [-0.3, -0.25) is 19.4 Å². The summed E-state index contributed by atoms with van der Waals surface area (Å²) >= 11 is 0.893. The molecule has 0 bridgehead atoms. The lowest BCUT2D eigenvalue weighted by Gasteiger charge is -2.13. The second kappa shape index (κ2) is 10.3. The lowest BCUT2D eigenvalue weighted by molar-refractivity contribution is 0.480. The van der Waals surface area contributed by atoms with Gasteiger partial charge in [0.05, 0.1) is 28.5 Å². The quantitative estimate of drug-likeness (QED) is 0.330. The Morgan fingerprint density at radius 1 is 1.28 bits per heavy atom. The van der Waals surface area contributed by atoms with Gasteiger partial charge < -0.3 is 10.5 Å². The molecule has 4 rings (SSSR count). The highest BCUT2D eigenvalue weighted by Gasteiger charge is 2.20. The largest absolute Gasteiger partial charge is 0.454 e. The lowest BCUT2D eigenvalue weighted by Crippen LogP contribution is -2.13. The number of benzene rings is 1. The van der Waals surface area contributed by atoms with Crippen molar-refractivity contribution in [2.75, 3.05) is 11.8 Å². The van der Waals surface area contributed by atoms with Crippen molar-refractivity contribution >= 4 is 38.5 Å².